The van der Waals surface area contributed by atoms with Crippen molar-refractivity contribution in [2.45, 2.75) is 31.2 Å². The molecule has 0 fully saturated rings. The van der Waals surface area contributed by atoms with E-state index >= 15 is 0 Å². The Kier molecular flexibility index (Phi) is 6.40. The van der Waals surface area contributed by atoms with E-state index in [2.05, 4.69) is 20.7 Å². The molecule has 2 aromatic heterocycles. The highest BCUT2D eigenvalue weighted by atomic mass is 35.5. The summed E-state index contributed by atoms with van der Waals surface area (Å²) in [5, 5.41) is 11.3. The second-order valence-electron chi connectivity index (χ2n) is 8.67. The van der Waals surface area contributed by atoms with Crippen LogP contribution in [0.4, 0.5) is 19.0 Å². The zero-order chi connectivity index (χ0) is 26.3. The van der Waals surface area contributed by atoms with Gasteiger partial charge in [-0.25, -0.2) is 4.68 Å². The van der Waals surface area contributed by atoms with Crippen molar-refractivity contribution in [2.24, 2.45) is 0 Å². The zero-order valence-electron chi connectivity index (χ0n) is 19.8. The number of nitrogens with one attached hydrogen (secondary N) is 3. The predicted octanol–water partition coefficient (Wildman–Crippen LogP) is 5.63. The number of carbonyl (C=O) groups excluding carboxylic acids is 1. The van der Waals surface area contributed by atoms with Crippen LogP contribution in [0.5, 0.6) is 11.5 Å². The van der Waals surface area contributed by atoms with E-state index in [0.717, 1.165) is 21.3 Å². The quantitative estimate of drug-likeness (QED) is 0.299. The molecule has 0 aliphatic carbocycles. The summed E-state index contributed by atoms with van der Waals surface area (Å²) in [5.41, 5.74) is 2.03. The maximum Gasteiger partial charge on any atom is 0.410 e. The molecule has 0 spiro atoms. The molecule has 2 aromatic carbocycles. The number of methoxy groups -OCH3 is 2. The Labute approximate surface area is 214 Å². The molecule has 3 heterocycles. The number of ether oxygens (including phenoxy) is 2. The van der Waals surface area contributed by atoms with Crippen LogP contribution >= 0.6 is 11.6 Å². The fraction of sp³-hybridized carbons (Fsp3) is 0.280. The Morgan fingerprint density at radius 1 is 1.14 bits per heavy atom. The van der Waals surface area contributed by atoms with E-state index in [-0.39, 0.29) is 24.5 Å². The average Bonchev–Trinajstić information content (AvgIpc) is 3.49. The molecular formula is C25H23ClF3N5O3. The molecule has 4 aromatic rings. The van der Waals surface area contributed by atoms with Gasteiger partial charge >= 0.3 is 6.18 Å². The van der Waals surface area contributed by atoms with Gasteiger partial charge in [-0.3, -0.25) is 4.79 Å². The number of halogens is 4. The number of aromatic amines is 1. The van der Waals surface area contributed by atoms with Gasteiger partial charge in [0.2, 0.25) is 0 Å². The second-order valence-corrected chi connectivity index (χ2v) is 9.11. The van der Waals surface area contributed by atoms with Gasteiger partial charge in [0.15, 0.2) is 23.2 Å². The second kappa shape index (κ2) is 9.55. The molecule has 0 saturated heterocycles. The van der Waals surface area contributed by atoms with Gasteiger partial charge in [0.25, 0.3) is 5.91 Å². The molecule has 37 heavy (non-hydrogen) atoms. The predicted molar refractivity (Wildman–Crippen MR) is 132 cm³/mol. The molecule has 5 rings (SSSR count). The van der Waals surface area contributed by atoms with E-state index in [0.29, 0.717) is 22.1 Å². The summed E-state index contributed by atoms with van der Waals surface area (Å²) in [7, 11) is 2.94. The summed E-state index contributed by atoms with van der Waals surface area (Å²) < 4.78 is 53.5. The van der Waals surface area contributed by atoms with Crippen molar-refractivity contribution in [1.82, 2.24) is 20.1 Å². The number of alkyl halides is 3. The van der Waals surface area contributed by atoms with Crippen LogP contribution in [0.2, 0.25) is 5.02 Å². The lowest BCUT2D eigenvalue weighted by Crippen LogP contribution is -2.35. The summed E-state index contributed by atoms with van der Waals surface area (Å²) in [6.45, 7) is 0.137. The molecule has 1 aliphatic heterocycles. The van der Waals surface area contributed by atoms with E-state index in [4.69, 9.17) is 21.1 Å². The summed E-state index contributed by atoms with van der Waals surface area (Å²) >= 11 is 6.01. The minimum absolute atomic E-state index is 0.0961. The van der Waals surface area contributed by atoms with Gasteiger partial charge in [0, 0.05) is 34.1 Å². The molecule has 0 bridgehead atoms. The van der Waals surface area contributed by atoms with Gasteiger partial charge in [-0.15, -0.1) is 0 Å². The Hall–Kier alpha value is -3.86. The Morgan fingerprint density at radius 2 is 1.92 bits per heavy atom. The van der Waals surface area contributed by atoms with Gasteiger partial charge in [-0.1, -0.05) is 17.7 Å². The van der Waals surface area contributed by atoms with Crippen molar-refractivity contribution >= 4 is 34.2 Å². The number of anilines is 1. The van der Waals surface area contributed by atoms with Crippen LogP contribution in [0.25, 0.3) is 10.9 Å². The smallest absolute Gasteiger partial charge is 0.410 e. The number of amides is 1. The Morgan fingerprint density at radius 3 is 2.65 bits per heavy atom. The highest BCUT2D eigenvalue weighted by Crippen LogP contribution is 2.44. The zero-order valence-corrected chi connectivity index (χ0v) is 20.6. The van der Waals surface area contributed by atoms with Gasteiger partial charge in [0.1, 0.15) is 5.82 Å². The van der Waals surface area contributed by atoms with Crippen molar-refractivity contribution in [1.29, 1.82) is 0 Å². The molecule has 2 atom stereocenters. The maximum atomic E-state index is 14.0. The van der Waals surface area contributed by atoms with Crippen LogP contribution in [0.3, 0.4) is 0 Å². The highest BCUT2D eigenvalue weighted by Gasteiger charge is 2.47. The fourth-order valence-electron chi connectivity index (χ4n) is 4.50. The number of H-pyrrole nitrogens is 1. The van der Waals surface area contributed by atoms with E-state index in [9.17, 15) is 18.0 Å². The van der Waals surface area contributed by atoms with Crippen molar-refractivity contribution < 1.29 is 27.4 Å². The molecule has 1 aliphatic rings. The fourth-order valence-corrected chi connectivity index (χ4v) is 4.68. The first-order valence-corrected chi connectivity index (χ1v) is 11.7. The normalized spacial score (nSPS) is 17.2. The van der Waals surface area contributed by atoms with Gasteiger partial charge in [-0.05, 0) is 42.0 Å². The number of carbonyl (C=O) groups is 1. The summed E-state index contributed by atoms with van der Waals surface area (Å²) in [6, 6.07) is 10.9. The lowest BCUT2D eigenvalue weighted by Gasteiger charge is -2.33. The lowest BCUT2D eigenvalue weighted by molar-refractivity contribution is -0.173. The number of rotatable bonds is 6. The van der Waals surface area contributed by atoms with E-state index in [1.54, 1.807) is 30.3 Å². The number of hydrogen-bond acceptors (Lipinski definition) is 5. The van der Waals surface area contributed by atoms with E-state index in [1.165, 1.54) is 20.3 Å². The van der Waals surface area contributed by atoms with Gasteiger partial charge in [-0.2, -0.15) is 18.3 Å². The third kappa shape index (κ3) is 4.91. The van der Waals surface area contributed by atoms with Crippen LogP contribution in [-0.4, -0.2) is 41.1 Å². The van der Waals surface area contributed by atoms with Crippen LogP contribution in [0.15, 0.2) is 48.5 Å². The minimum atomic E-state index is -4.57. The molecule has 12 heteroatoms. The first-order valence-electron chi connectivity index (χ1n) is 11.4. The highest BCUT2D eigenvalue weighted by molar-refractivity contribution is 6.31. The standard InChI is InChI=1S/C25H23ClF3N5O3/c1-36-20-6-3-13(9-21(20)37-2)18-10-22(25(27,28)29)34-23(32-18)11-19(33-34)24(35)30-12-16-8-14-7-15(26)4-5-17(14)31-16/h3-9,11,18,22,31-32H,10,12H2,1-2H3,(H,30,35)/t18-,22-/m1/s1. The van der Waals surface area contributed by atoms with E-state index in [1.807, 2.05) is 12.1 Å². The number of benzene rings is 2. The number of fused-ring (bicyclic) bond motifs is 2. The lowest BCUT2D eigenvalue weighted by atomic mass is 9.96. The molecule has 0 saturated carbocycles. The monoisotopic (exact) mass is 533 g/mol. The Balaban J connectivity index is 1.37. The van der Waals surface area contributed by atoms with Crippen molar-refractivity contribution in [2.75, 3.05) is 19.5 Å². The molecular weight excluding hydrogens is 511 g/mol. The van der Waals surface area contributed by atoms with Crippen LogP contribution in [0.1, 0.15) is 40.3 Å². The molecule has 194 valence electrons. The topological polar surface area (TPSA) is 93.2 Å². The minimum Gasteiger partial charge on any atom is -0.493 e. The van der Waals surface area contributed by atoms with Crippen LogP contribution in [-0.2, 0) is 6.54 Å². The number of hydrogen-bond donors (Lipinski definition) is 3. The van der Waals surface area contributed by atoms with E-state index < -0.39 is 24.2 Å². The Bertz CT molecular complexity index is 1470. The molecule has 3 N–H and O–H groups in total. The maximum absolute atomic E-state index is 14.0. The van der Waals surface area contributed by atoms with Crippen molar-refractivity contribution in [3.05, 3.63) is 70.5 Å². The molecule has 1 amide bonds. The third-order valence-corrected chi connectivity index (χ3v) is 6.55. The summed E-state index contributed by atoms with van der Waals surface area (Å²) in [6.07, 6.45) is -4.89. The van der Waals surface area contributed by atoms with Crippen LogP contribution in [0, 0.1) is 0 Å². The van der Waals surface area contributed by atoms with Crippen LogP contribution < -0.4 is 20.1 Å². The summed E-state index contributed by atoms with van der Waals surface area (Å²) in [4.78, 5) is 16.0. The van der Waals surface area contributed by atoms with Crippen molar-refractivity contribution in [3.8, 4) is 11.5 Å². The number of aromatic nitrogens is 3. The largest absolute Gasteiger partial charge is 0.493 e. The molecule has 0 radical (unpaired) electrons. The van der Waals surface area contributed by atoms with Gasteiger partial charge in [0.05, 0.1) is 26.8 Å². The number of nitrogens with zero attached hydrogens (tertiary/aromatic N) is 2. The molecule has 0 unspecified atom stereocenters. The molecule has 8 nitrogen and oxygen atoms in total. The SMILES string of the molecule is COc1ccc([C@H]2C[C@H](C(F)(F)F)n3nc(C(=O)NCc4cc5cc(Cl)ccc5[nH]4)cc3N2)cc1OC. The van der Waals surface area contributed by atoms with Gasteiger partial charge < -0.3 is 25.1 Å². The first kappa shape index (κ1) is 24.8. The third-order valence-electron chi connectivity index (χ3n) is 6.31. The first-order chi connectivity index (χ1) is 17.7. The van der Waals surface area contributed by atoms with Crippen molar-refractivity contribution in [3.63, 3.8) is 0 Å². The summed E-state index contributed by atoms with van der Waals surface area (Å²) in [5.74, 6) is 0.378. The average molecular weight is 534 g/mol.